The van der Waals surface area contributed by atoms with Gasteiger partial charge in [-0.3, -0.25) is 0 Å². The first-order valence-corrected chi connectivity index (χ1v) is 9.96. The molecule has 30 heavy (non-hydrogen) atoms. The van der Waals surface area contributed by atoms with Crippen LogP contribution >= 0.6 is 0 Å². The lowest BCUT2D eigenvalue weighted by atomic mass is 9.98. The minimum Gasteiger partial charge on any atom is -0.449 e. The van der Waals surface area contributed by atoms with Crippen molar-refractivity contribution in [2.45, 2.75) is 24.5 Å². The summed E-state index contributed by atoms with van der Waals surface area (Å²) in [6.45, 7) is 0.176. The highest BCUT2D eigenvalue weighted by atomic mass is 16.5. The number of carbonyl (C=O) groups is 2. The number of aliphatic hydroxyl groups excluding tert-OH is 1. The Labute approximate surface area is 175 Å². The SMILES string of the molecule is O=CC(O)C(Cc1ccccc1)NC(=O)OCC1c2ccccc2-c2ccccc21. The van der Waals surface area contributed by atoms with Gasteiger partial charge in [-0.05, 0) is 34.2 Å². The van der Waals surface area contributed by atoms with Crippen molar-refractivity contribution in [2.24, 2.45) is 0 Å². The first kappa shape index (κ1) is 19.9. The molecule has 0 saturated heterocycles. The number of alkyl carbamates (subject to hydrolysis) is 1. The van der Waals surface area contributed by atoms with Crippen LogP contribution in [0.4, 0.5) is 4.79 Å². The molecule has 2 N–H and O–H groups in total. The summed E-state index contributed by atoms with van der Waals surface area (Å²) in [5.41, 5.74) is 5.46. The molecule has 0 spiro atoms. The summed E-state index contributed by atoms with van der Waals surface area (Å²) >= 11 is 0. The van der Waals surface area contributed by atoms with E-state index in [-0.39, 0.29) is 12.5 Å². The van der Waals surface area contributed by atoms with Gasteiger partial charge < -0.3 is 20.0 Å². The number of hydrogen-bond acceptors (Lipinski definition) is 4. The Kier molecular flexibility index (Phi) is 5.91. The minimum atomic E-state index is -1.31. The van der Waals surface area contributed by atoms with Crippen LogP contribution in [-0.2, 0) is 16.0 Å². The smallest absolute Gasteiger partial charge is 0.407 e. The summed E-state index contributed by atoms with van der Waals surface area (Å²) in [4.78, 5) is 23.6. The quantitative estimate of drug-likeness (QED) is 0.592. The third-order valence-corrected chi connectivity index (χ3v) is 5.50. The number of rotatable bonds is 7. The van der Waals surface area contributed by atoms with E-state index in [0.29, 0.717) is 12.7 Å². The van der Waals surface area contributed by atoms with Crippen LogP contribution in [0.15, 0.2) is 78.9 Å². The standard InChI is InChI=1S/C25H23NO4/c27-15-24(28)23(14-17-8-2-1-3-9-17)26-25(29)30-16-22-20-12-6-4-10-18(20)19-11-5-7-13-21(19)22/h1-13,15,22-24,28H,14,16H2,(H,26,29). The van der Waals surface area contributed by atoms with E-state index in [0.717, 1.165) is 27.8 Å². The molecule has 4 rings (SSSR count). The molecule has 0 saturated carbocycles. The number of benzene rings is 3. The maximum absolute atomic E-state index is 12.5. The van der Waals surface area contributed by atoms with Gasteiger partial charge in [0.15, 0.2) is 6.29 Å². The van der Waals surface area contributed by atoms with Crippen molar-refractivity contribution in [2.75, 3.05) is 6.61 Å². The van der Waals surface area contributed by atoms with Crippen molar-refractivity contribution in [3.8, 4) is 11.1 Å². The molecule has 152 valence electrons. The highest BCUT2D eigenvalue weighted by Crippen LogP contribution is 2.44. The van der Waals surface area contributed by atoms with Gasteiger partial charge in [0, 0.05) is 5.92 Å². The predicted octanol–water partition coefficient (Wildman–Crippen LogP) is 3.70. The van der Waals surface area contributed by atoms with E-state index in [1.807, 2.05) is 54.6 Å². The second-order valence-electron chi connectivity index (χ2n) is 7.39. The van der Waals surface area contributed by atoms with E-state index in [4.69, 9.17) is 4.74 Å². The van der Waals surface area contributed by atoms with Crippen LogP contribution in [0.1, 0.15) is 22.6 Å². The summed E-state index contributed by atoms with van der Waals surface area (Å²) in [6.07, 6.45) is -1.22. The third kappa shape index (κ3) is 4.11. The number of nitrogens with one attached hydrogen (secondary N) is 1. The number of carbonyl (C=O) groups excluding carboxylic acids is 2. The molecule has 0 aromatic heterocycles. The van der Waals surface area contributed by atoms with Crippen molar-refractivity contribution in [1.82, 2.24) is 5.32 Å². The van der Waals surface area contributed by atoms with E-state index in [9.17, 15) is 14.7 Å². The number of aldehydes is 1. The lowest BCUT2D eigenvalue weighted by molar-refractivity contribution is -0.116. The minimum absolute atomic E-state index is 0.0493. The van der Waals surface area contributed by atoms with Crippen molar-refractivity contribution >= 4 is 12.4 Å². The molecule has 2 atom stereocenters. The monoisotopic (exact) mass is 401 g/mol. The zero-order chi connectivity index (χ0) is 20.9. The molecule has 0 fully saturated rings. The number of hydrogen-bond donors (Lipinski definition) is 2. The first-order chi connectivity index (χ1) is 14.7. The van der Waals surface area contributed by atoms with Crippen LogP contribution in [0, 0.1) is 0 Å². The molecule has 2 unspecified atom stereocenters. The molecular weight excluding hydrogens is 378 g/mol. The van der Waals surface area contributed by atoms with E-state index >= 15 is 0 Å². The number of amides is 1. The third-order valence-electron chi connectivity index (χ3n) is 5.50. The van der Waals surface area contributed by atoms with E-state index < -0.39 is 18.2 Å². The average Bonchev–Trinajstić information content (AvgIpc) is 3.11. The Morgan fingerprint density at radius 1 is 0.933 bits per heavy atom. The second kappa shape index (κ2) is 8.93. The van der Waals surface area contributed by atoms with Gasteiger partial charge in [0.1, 0.15) is 12.7 Å². The fourth-order valence-electron chi connectivity index (χ4n) is 4.01. The van der Waals surface area contributed by atoms with Crippen LogP contribution in [0.3, 0.4) is 0 Å². The van der Waals surface area contributed by atoms with Crippen molar-refractivity contribution in [3.05, 3.63) is 95.6 Å². The molecule has 1 amide bonds. The van der Waals surface area contributed by atoms with Crippen molar-refractivity contribution < 1.29 is 19.4 Å². The van der Waals surface area contributed by atoms with Crippen molar-refractivity contribution in [3.63, 3.8) is 0 Å². The predicted molar refractivity (Wildman–Crippen MR) is 114 cm³/mol. The van der Waals surface area contributed by atoms with E-state index in [2.05, 4.69) is 29.6 Å². The normalized spacial score (nSPS) is 14.3. The highest BCUT2D eigenvalue weighted by molar-refractivity contribution is 5.79. The largest absolute Gasteiger partial charge is 0.449 e. The molecule has 0 radical (unpaired) electrons. The van der Waals surface area contributed by atoms with Gasteiger partial charge in [-0.25, -0.2) is 4.79 Å². The molecule has 1 aliphatic carbocycles. The molecule has 5 heteroatoms. The topological polar surface area (TPSA) is 75.6 Å². The Hall–Kier alpha value is -3.44. The van der Waals surface area contributed by atoms with Gasteiger partial charge in [0.05, 0.1) is 6.04 Å². The Morgan fingerprint density at radius 3 is 2.10 bits per heavy atom. The van der Waals surface area contributed by atoms with Gasteiger partial charge >= 0.3 is 6.09 Å². The van der Waals surface area contributed by atoms with Gasteiger partial charge in [-0.15, -0.1) is 0 Å². The van der Waals surface area contributed by atoms with Crippen LogP contribution < -0.4 is 5.32 Å². The maximum atomic E-state index is 12.5. The molecule has 5 nitrogen and oxygen atoms in total. The second-order valence-corrected chi connectivity index (χ2v) is 7.39. The van der Waals surface area contributed by atoms with Gasteiger partial charge in [-0.1, -0.05) is 78.9 Å². The fourth-order valence-corrected chi connectivity index (χ4v) is 4.01. The molecule has 0 bridgehead atoms. The fraction of sp³-hybridized carbons (Fsp3) is 0.200. The summed E-state index contributed by atoms with van der Waals surface area (Å²) in [5, 5.41) is 12.7. The summed E-state index contributed by atoms with van der Waals surface area (Å²) in [7, 11) is 0. The molecule has 3 aromatic carbocycles. The molecule has 1 aliphatic rings. The zero-order valence-electron chi connectivity index (χ0n) is 16.4. The number of fused-ring (bicyclic) bond motifs is 3. The molecule has 3 aromatic rings. The van der Waals surface area contributed by atoms with Gasteiger partial charge in [0.25, 0.3) is 0 Å². The average molecular weight is 401 g/mol. The summed E-state index contributed by atoms with van der Waals surface area (Å²) in [6, 6.07) is 24.8. The number of ether oxygens (including phenoxy) is 1. The van der Waals surface area contributed by atoms with Crippen molar-refractivity contribution in [1.29, 1.82) is 0 Å². The van der Waals surface area contributed by atoms with Gasteiger partial charge in [-0.2, -0.15) is 0 Å². The van der Waals surface area contributed by atoms with Crippen LogP contribution in [-0.4, -0.2) is 36.2 Å². The Morgan fingerprint density at radius 2 is 1.50 bits per heavy atom. The summed E-state index contributed by atoms with van der Waals surface area (Å²) in [5.74, 6) is -0.0493. The molecule has 0 heterocycles. The molecular formula is C25H23NO4. The van der Waals surface area contributed by atoms with Crippen LogP contribution in [0.25, 0.3) is 11.1 Å². The van der Waals surface area contributed by atoms with Crippen LogP contribution in [0.2, 0.25) is 0 Å². The first-order valence-electron chi connectivity index (χ1n) is 9.96. The summed E-state index contributed by atoms with van der Waals surface area (Å²) < 4.78 is 5.53. The zero-order valence-corrected chi connectivity index (χ0v) is 16.4. The lowest BCUT2D eigenvalue weighted by Crippen LogP contribution is -2.46. The number of aliphatic hydroxyl groups is 1. The Bertz CT molecular complexity index is 989. The Balaban J connectivity index is 1.44. The lowest BCUT2D eigenvalue weighted by Gasteiger charge is -2.21. The van der Waals surface area contributed by atoms with E-state index in [1.165, 1.54) is 0 Å². The van der Waals surface area contributed by atoms with Crippen LogP contribution in [0.5, 0.6) is 0 Å². The van der Waals surface area contributed by atoms with E-state index in [1.54, 1.807) is 0 Å². The van der Waals surface area contributed by atoms with Gasteiger partial charge in [0.2, 0.25) is 0 Å². The molecule has 0 aliphatic heterocycles. The maximum Gasteiger partial charge on any atom is 0.407 e. The highest BCUT2D eigenvalue weighted by Gasteiger charge is 2.29.